The number of nitrogens with zero attached hydrogens (tertiary/aromatic N) is 2. The van der Waals surface area contributed by atoms with Gasteiger partial charge in [0.15, 0.2) is 93.1 Å². The van der Waals surface area contributed by atoms with Crippen LogP contribution in [0.3, 0.4) is 0 Å². The molecule has 0 atom stereocenters. The summed E-state index contributed by atoms with van der Waals surface area (Å²) in [6.45, 7) is -2.95. The van der Waals surface area contributed by atoms with E-state index in [1.807, 2.05) is 0 Å². The van der Waals surface area contributed by atoms with E-state index < -0.39 is 231 Å². The molecule has 12 nitrogen and oxygen atoms in total. The first-order valence-electron chi connectivity index (χ1n) is 23.6. The fourth-order valence-electron chi connectivity index (χ4n) is 9.07. The van der Waals surface area contributed by atoms with E-state index in [0.29, 0.717) is 0 Å². The van der Waals surface area contributed by atoms with Crippen molar-refractivity contribution in [3.8, 4) is 44.5 Å². The summed E-state index contributed by atoms with van der Waals surface area (Å²) >= 11 is 0. The van der Waals surface area contributed by atoms with E-state index in [1.54, 1.807) is 0 Å². The molecule has 0 unspecified atom stereocenters. The average Bonchev–Trinajstić information content (AvgIpc) is 4.31. The molecule has 80 heavy (non-hydrogen) atoms. The summed E-state index contributed by atoms with van der Waals surface area (Å²) in [6.07, 6.45) is 3.23. The molecule has 0 saturated heterocycles. The molecule has 4 aromatic carbocycles. The third-order valence-electron chi connectivity index (χ3n) is 12.6. The highest BCUT2D eigenvalue weighted by Crippen LogP contribution is 2.46. The van der Waals surface area contributed by atoms with E-state index in [0.717, 1.165) is 48.6 Å². The number of rotatable bonds is 16. The molecule has 9 rings (SSSR count). The van der Waals surface area contributed by atoms with Crippen molar-refractivity contribution in [2.75, 3.05) is 73.6 Å². The lowest BCUT2D eigenvalue weighted by Crippen LogP contribution is -2.17. The Hall–Kier alpha value is -8.60. The summed E-state index contributed by atoms with van der Waals surface area (Å²) in [5, 5.41) is 8.40. The molecular weight excluding hydrogens is 1100 g/mol. The third-order valence-corrected chi connectivity index (χ3v) is 12.6. The fraction of sp³-hybridized carbons (Fsp3) is 0.154. The second-order valence-electron chi connectivity index (χ2n) is 17.4. The van der Waals surface area contributed by atoms with Crippen LogP contribution in [0.1, 0.15) is 22.8 Å². The first-order valence-corrected chi connectivity index (χ1v) is 23.6. The highest BCUT2D eigenvalue weighted by Gasteiger charge is 2.35. The Morgan fingerprint density at radius 1 is 0.275 bits per heavy atom. The van der Waals surface area contributed by atoms with Crippen molar-refractivity contribution in [3.05, 3.63) is 140 Å². The lowest BCUT2D eigenvalue weighted by atomic mass is 10.0. The Morgan fingerprint density at radius 3 is 0.613 bits per heavy atom. The summed E-state index contributed by atoms with van der Waals surface area (Å²) in [7, 11) is 0. The van der Waals surface area contributed by atoms with Gasteiger partial charge >= 0.3 is 0 Å². The molecule has 0 aliphatic carbocycles. The maximum Gasteiger partial charge on any atom is 0.185 e. The fourth-order valence-corrected chi connectivity index (χ4v) is 9.07. The van der Waals surface area contributed by atoms with Crippen molar-refractivity contribution in [3.63, 3.8) is 0 Å². The molecule has 7 aromatic rings. The van der Waals surface area contributed by atoms with E-state index in [1.165, 1.54) is 0 Å². The van der Waals surface area contributed by atoms with E-state index >= 15 is 70.2 Å². The number of nitrogens with one attached hydrogen (secondary N) is 6. The monoisotopic (exact) mass is 1130 g/mol. The van der Waals surface area contributed by atoms with Gasteiger partial charge in [-0.15, -0.1) is 0 Å². The van der Waals surface area contributed by atoms with Crippen LogP contribution >= 0.6 is 0 Å². The Bertz CT molecular complexity index is 3340. The minimum atomic E-state index is -2.15. The van der Waals surface area contributed by atoms with Crippen molar-refractivity contribution < 1.29 is 70.2 Å². The number of aromatic amines is 2. The largest absolute Gasteiger partial charge is 0.379 e. The van der Waals surface area contributed by atoms with E-state index in [9.17, 15) is 0 Å². The lowest BCUT2D eigenvalue weighted by Gasteiger charge is -2.15. The number of aromatic nitrogens is 4. The maximum atomic E-state index is 16.7. The van der Waals surface area contributed by atoms with E-state index in [-0.39, 0.29) is 26.2 Å². The van der Waals surface area contributed by atoms with Crippen molar-refractivity contribution in [2.45, 2.75) is 0 Å². The topological polar surface area (TPSA) is 210 Å². The zero-order valence-corrected chi connectivity index (χ0v) is 40.5. The second-order valence-corrected chi connectivity index (χ2v) is 17.4. The number of nitrogens with two attached hydrogens (primary N) is 4. The van der Waals surface area contributed by atoms with Gasteiger partial charge in [0.2, 0.25) is 0 Å². The number of hydrogen-bond donors (Lipinski definition) is 10. The number of halogens is 16. The number of hydrogen-bond acceptors (Lipinski definition) is 10. The predicted octanol–water partition coefficient (Wildman–Crippen LogP) is 11.0. The van der Waals surface area contributed by atoms with Crippen LogP contribution < -0.4 is 44.2 Å². The van der Waals surface area contributed by atoms with Crippen molar-refractivity contribution in [1.29, 1.82) is 0 Å². The maximum absolute atomic E-state index is 16.7. The molecule has 0 fully saturated rings. The van der Waals surface area contributed by atoms with Crippen LogP contribution in [0.4, 0.5) is 93.0 Å². The molecule has 14 N–H and O–H groups in total. The molecule has 418 valence electrons. The highest BCUT2D eigenvalue weighted by atomic mass is 19.2. The molecule has 0 saturated carbocycles. The van der Waals surface area contributed by atoms with E-state index in [2.05, 4.69) is 41.2 Å². The normalized spacial score (nSPS) is 12.1. The second kappa shape index (κ2) is 22.3. The molecule has 2 aliphatic rings. The summed E-state index contributed by atoms with van der Waals surface area (Å²) in [5.74, 6) is -33.7. The third kappa shape index (κ3) is 9.25. The molecule has 0 radical (unpaired) electrons. The molecule has 2 aliphatic heterocycles. The number of H-pyrrole nitrogens is 2. The van der Waals surface area contributed by atoms with Crippen LogP contribution in [-0.4, -0.2) is 72.3 Å². The van der Waals surface area contributed by atoms with Crippen LogP contribution in [-0.2, 0) is 0 Å². The lowest BCUT2D eigenvalue weighted by molar-refractivity contribution is 0.462. The summed E-state index contributed by atoms with van der Waals surface area (Å²) < 4.78 is 262. The van der Waals surface area contributed by atoms with Gasteiger partial charge in [0.1, 0.15) is 22.7 Å². The highest BCUT2D eigenvalue weighted by molar-refractivity contribution is 6.01. The quantitative estimate of drug-likeness (QED) is 0.0327. The Labute approximate surface area is 439 Å². The van der Waals surface area contributed by atoms with E-state index in [4.69, 9.17) is 22.9 Å². The van der Waals surface area contributed by atoms with Gasteiger partial charge in [-0.1, -0.05) is 0 Å². The number of anilines is 4. The van der Waals surface area contributed by atoms with Crippen LogP contribution in [0.15, 0.2) is 24.3 Å². The minimum absolute atomic E-state index is 0.305. The van der Waals surface area contributed by atoms with Crippen molar-refractivity contribution in [2.24, 2.45) is 22.9 Å². The minimum Gasteiger partial charge on any atom is -0.379 e. The summed E-state index contributed by atoms with van der Waals surface area (Å²) in [4.78, 5) is 13.5. The van der Waals surface area contributed by atoms with Gasteiger partial charge in [-0.25, -0.2) is 80.2 Å². The zero-order chi connectivity index (χ0) is 57.8. The average molecular weight is 1130 g/mol. The van der Waals surface area contributed by atoms with Gasteiger partial charge in [0.25, 0.3) is 0 Å². The van der Waals surface area contributed by atoms with Gasteiger partial charge in [-0.3, -0.25) is 0 Å². The molecular formula is C52H38F16N12. The van der Waals surface area contributed by atoms with Crippen LogP contribution in [0.25, 0.3) is 90.9 Å². The molecule has 0 spiro atoms. The molecule has 8 bridgehead atoms. The Kier molecular flexibility index (Phi) is 15.6. The predicted molar refractivity (Wildman–Crippen MR) is 270 cm³/mol. The van der Waals surface area contributed by atoms with Gasteiger partial charge < -0.3 is 54.2 Å². The van der Waals surface area contributed by atoms with Crippen LogP contribution in [0.2, 0.25) is 0 Å². The first kappa shape index (κ1) is 56.1. The molecule has 28 heteroatoms. The molecule has 0 amide bonds. The standard InChI is InChI=1S/C52H38F16N12/c53-33-29(34(54)42(62)49(41(33)61)73-13-9-69)25-17-1-2-18(77-17)26(30-35(55)43(63)50(74-14-10-70)44(64)36(30)56)20-5-6-22(79-20)28(32-39(59)47(67)52(76-16-12-72)48(68)40(32)60)24-8-7-23(80-24)27(21-4-3-19(25)78-21)31-37(57)45(65)51(75-15-11-71)46(66)38(31)58/h1-8,73-77,80H,9-16,69-72H2. The molecule has 3 aromatic heterocycles. The van der Waals surface area contributed by atoms with Crippen molar-refractivity contribution in [1.82, 2.24) is 19.9 Å². The van der Waals surface area contributed by atoms with Gasteiger partial charge in [0, 0.05) is 96.7 Å². The van der Waals surface area contributed by atoms with Gasteiger partial charge in [-0.05, 0) is 48.6 Å². The summed E-state index contributed by atoms with van der Waals surface area (Å²) in [5.41, 5.74) is -0.426. The van der Waals surface area contributed by atoms with Crippen LogP contribution in [0, 0.1) is 93.1 Å². The number of fused-ring (bicyclic) bond motifs is 8. The SMILES string of the molecule is NCCNc1c(F)c(F)c(-c2c3nc(c(-c4c(F)c(F)c(NCCN)c(F)c4F)c4ccc([nH]4)c(-c4c(F)c(F)c(NCCN)c(F)c4F)c4nc(c(-c5c(F)c(F)c(NCCN)c(F)c5F)c5ccc2[nH]5)C=C4)C=C3)c(F)c1F. The first-order chi connectivity index (χ1) is 38.2. The number of benzene rings is 4. The Morgan fingerprint density at radius 2 is 0.450 bits per heavy atom. The molecule has 5 heterocycles. The zero-order valence-electron chi connectivity index (χ0n) is 40.5. The van der Waals surface area contributed by atoms with Gasteiger partial charge in [0.05, 0.1) is 45.0 Å². The van der Waals surface area contributed by atoms with Gasteiger partial charge in [-0.2, -0.15) is 0 Å². The smallest absolute Gasteiger partial charge is 0.185 e. The Balaban J connectivity index is 1.55. The summed E-state index contributed by atoms with van der Waals surface area (Å²) in [6, 6.07) is 3.34. The van der Waals surface area contributed by atoms with Crippen LogP contribution in [0.5, 0.6) is 0 Å². The van der Waals surface area contributed by atoms with Crippen molar-refractivity contribution >= 4 is 69.1 Å².